The maximum absolute atomic E-state index is 12.5. The molecule has 0 spiro atoms. The Morgan fingerprint density at radius 2 is 1.62 bits per heavy atom. The summed E-state index contributed by atoms with van der Waals surface area (Å²) in [6.07, 6.45) is 3.88. The van der Waals surface area contributed by atoms with E-state index in [1.165, 1.54) is 12.1 Å². The summed E-state index contributed by atoms with van der Waals surface area (Å²) in [5, 5.41) is 3.79. The molecule has 2 unspecified atom stereocenters. The van der Waals surface area contributed by atoms with E-state index >= 15 is 0 Å². The Morgan fingerprint density at radius 1 is 1.10 bits per heavy atom. The summed E-state index contributed by atoms with van der Waals surface area (Å²) in [6.45, 7) is 0. The molecule has 0 radical (unpaired) electrons. The molecule has 21 heavy (non-hydrogen) atoms. The van der Waals surface area contributed by atoms with Crippen molar-refractivity contribution in [1.29, 1.82) is 0 Å². The number of nitrogens with one attached hydrogen (secondary N) is 2. The summed E-state index contributed by atoms with van der Waals surface area (Å²) in [5.74, 6) is 0. The van der Waals surface area contributed by atoms with Gasteiger partial charge in [-0.25, -0.2) is 13.1 Å². The minimum atomic E-state index is -3.68. The summed E-state index contributed by atoms with van der Waals surface area (Å²) < 4.78 is 27.7. The van der Waals surface area contributed by atoms with Crippen LogP contribution >= 0.6 is 35.6 Å². The molecule has 2 fully saturated rings. The van der Waals surface area contributed by atoms with Crippen LogP contribution in [-0.2, 0) is 10.0 Å². The summed E-state index contributed by atoms with van der Waals surface area (Å²) >= 11 is 12.0. The summed E-state index contributed by atoms with van der Waals surface area (Å²) in [4.78, 5) is -0.0192. The summed E-state index contributed by atoms with van der Waals surface area (Å²) in [6, 6.07) is 5.49. The zero-order chi connectivity index (χ0) is 14.3. The average Bonchev–Trinajstić information content (AvgIpc) is 2.67. The molecule has 2 heterocycles. The highest BCUT2D eigenvalue weighted by molar-refractivity contribution is 7.89. The number of piperidine rings is 1. The van der Waals surface area contributed by atoms with Gasteiger partial charge in [0.25, 0.3) is 0 Å². The molecular weight excluding hydrogens is 355 g/mol. The van der Waals surface area contributed by atoms with Crippen LogP contribution < -0.4 is 10.0 Å². The van der Waals surface area contributed by atoms with Crippen LogP contribution in [0.3, 0.4) is 0 Å². The second kappa shape index (κ2) is 6.60. The monoisotopic (exact) mass is 370 g/mol. The van der Waals surface area contributed by atoms with Gasteiger partial charge in [0.1, 0.15) is 4.90 Å². The lowest BCUT2D eigenvalue weighted by molar-refractivity contribution is 0.345. The molecule has 2 atom stereocenters. The molecular formula is C13H17Cl3N2O2S. The van der Waals surface area contributed by atoms with Crippen LogP contribution in [0.15, 0.2) is 23.1 Å². The number of fused-ring (bicyclic) bond motifs is 2. The molecule has 3 rings (SSSR count). The minimum Gasteiger partial charge on any atom is -0.311 e. The molecule has 0 saturated carbocycles. The smallest absolute Gasteiger partial charge is 0.243 e. The van der Waals surface area contributed by atoms with Crippen molar-refractivity contribution in [2.75, 3.05) is 0 Å². The number of rotatable bonds is 3. The second-order valence-corrected chi connectivity index (χ2v) is 7.94. The first-order chi connectivity index (χ1) is 9.45. The normalized spacial score (nSPS) is 28.2. The van der Waals surface area contributed by atoms with Gasteiger partial charge >= 0.3 is 0 Å². The van der Waals surface area contributed by atoms with Crippen molar-refractivity contribution in [2.24, 2.45) is 0 Å². The third-order valence-electron chi connectivity index (χ3n) is 3.98. The van der Waals surface area contributed by atoms with Crippen molar-refractivity contribution in [1.82, 2.24) is 10.0 Å². The van der Waals surface area contributed by atoms with Crippen LogP contribution in [0.5, 0.6) is 0 Å². The van der Waals surface area contributed by atoms with Gasteiger partial charge in [-0.15, -0.1) is 12.4 Å². The van der Waals surface area contributed by atoms with Gasteiger partial charge < -0.3 is 5.32 Å². The van der Waals surface area contributed by atoms with E-state index in [0.717, 1.165) is 25.7 Å². The molecule has 2 aliphatic heterocycles. The van der Waals surface area contributed by atoms with E-state index in [2.05, 4.69) is 10.0 Å². The van der Waals surface area contributed by atoms with E-state index < -0.39 is 10.0 Å². The first-order valence-electron chi connectivity index (χ1n) is 6.68. The summed E-state index contributed by atoms with van der Waals surface area (Å²) in [7, 11) is -3.68. The van der Waals surface area contributed by atoms with Crippen LogP contribution in [0, 0.1) is 0 Å². The Kier molecular flexibility index (Phi) is 5.45. The van der Waals surface area contributed by atoms with Gasteiger partial charge in [0.2, 0.25) is 10.0 Å². The Labute approximate surface area is 141 Å². The maximum atomic E-state index is 12.5. The maximum Gasteiger partial charge on any atom is 0.243 e. The summed E-state index contributed by atoms with van der Waals surface area (Å²) in [5.41, 5.74) is 0. The molecule has 0 amide bonds. The van der Waals surface area contributed by atoms with E-state index in [4.69, 9.17) is 23.2 Å². The Balaban J connectivity index is 0.00000161. The first kappa shape index (κ1) is 17.3. The number of benzene rings is 1. The molecule has 118 valence electrons. The molecule has 2 aliphatic rings. The first-order valence-corrected chi connectivity index (χ1v) is 8.92. The van der Waals surface area contributed by atoms with Crippen molar-refractivity contribution >= 4 is 45.6 Å². The molecule has 0 aromatic heterocycles. The third-order valence-corrected chi connectivity index (χ3v) is 6.46. The standard InChI is InChI=1S/C13H16Cl2N2O2S.ClH/c14-11-2-1-3-12(15)13(11)20(18,19)17-10-6-8-4-5-9(7-10)16-8;/h1-3,8-10,16-17H,4-7H2;1H. The topological polar surface area (TPSA) is 58.2 Å². The zero-order valence-corrected chi connectivity index (χ0v) is 14.3. The highest BCUT2D eigenvalue weighted by atomic mass is 35.5. The highest BCUT2D eigenvalue weighted by Gasteiger charge is 2.36. The van der Waals surface area contributed by atoms with E-state index in [1.807, 2.05) is 0 Å². The minimum absolute atomic E-state index is 0. The Bertz CT molecular complexity index is 592. The predicted octanol–water partition coefficient (Wildman–Crippen LogP) is 2.98. The fourth-order valence-electron chi connectivity index (χ4n) is 3.17. The van der Waals surface area contributed by atoms with Gasteiger partial charge in [-0.1, -0.05) is 29.3 Å². The number of halogens is 3. The van der Waals surface area contributed by atoms with E-state index in [0.29, 0.717) is 12.1 Å². The Hall–Kier alpha value is -0.0400. The van der Waals surface area contributed by atoms with Crippen LogP contribution in [0.2, 0.25) is 10.0 Å². The molecule has 1 aromatic carbocycles. The van der Waals surface area contributed by atoms with Crippen molar-refractivity contribution in [2.45, 2.75) is 48.7 Å². The van der Waals surface area contributed by atoms with Crippen LogP contribution in [0.1, 0.15) is 25.7 Å². The molecule has 2 bridgehead atoms. The lowest BCUT2D eigenvalue weighted by Gasteiger charge is -2.29. The van der Waals surface area contributed by atoms with Gasteiger partial charge in [-0.2, -0.15) is 0 Å². The van der Waals surface area contributed by atoms with Crippen molar-refractivity contribution in [3.63, 3.8) is 0 Å². The predicted molar refractivity (Wildman–Crippen MR) is 87.0 cm³/mol. The molecule has 2 saturated heterocycles. The van der Waals surface area contributed by atoms with Gasteiger partial charge in [0.05, 0.1) is 10.0 Å². The SMILES string of the molecule is Cl.O=S(=O)(NC1CC2CCC(C1)N2)c1c(Cl)cccc1Cl. The highest BCUT2D eigenvalue weighted by Crippen LogP contribution is 2.31. The fraction of sp³-hybridized carbons (Fsp3) is 0.538. The number of hydrogen-bond donors (Lipinski definition) is 2. The largest absolute Gasteiger partial charge is 0.311 e. The lowest BCUT2D eigenvalue weighted by Crippen LogP contribution is -2.48. The average molecular weight is 372 g/mol. The van der Waals surface area contributed by atoms with E-state index in [1.54, 1.807) is 6.07 Å². The van der Waals surface area contributed by atoms with E-state index in [-0.39, 0.29) is 33.4 Å². The van der Waals surface area contributed by atoms with Crippen LogP contribution in [0.25, 0.3) is 0 Å². The molecule has 1 aromatic rings. The van der Waals surface area contributed by atoms with Gasteiger partial charge in [0, 0.05) is 18.1 Å². The van der Waals surface area contributed by atoms with E-state index in [9.17, 15) is 8.42 Å². The van der Waals surface area contributed by atoms with Gasteiger partial charge in [-0.3, -0.25) is 0 Å². The molecule has 0 aliphatic carbocycles. The quantitative estimate of drug-likeness (QED) is 0.859. The van der Waals surface area contributed by atoms with Crippen LogP contribution in [-0.4, -0.2) is 26.5 Å². The van der Waals surface area contributed by atoms with Crippen molar-refractivity contribution in [3.8, 4) is 0 Å². The number of hydrogen-bond acceptors (Lipinski definition) is 3. The zero-order valence-electron chi connectivity index (χ0n) is 11.2. The fourth-order valence-corrected chi connectivity index (χ4v) is 5.58. The molecule has 2 N–H and O–H groups in total. The van der Waals surface area contributed by atoms with Crippen LogP contribution in [0.4, 0.5) is 0 Å². The second-order valence-electron chi connectivity index (χ2n) is 5.48. The van der Waals surface area contributed by atoms with Crippen molar-refractivity contribution < 1.29 is 8.42 Å². The third kappa shape index (κ3) is 3.66. The molecule has 4 nitrogen and oxygen atoms in total. The van der Waals surface area contributed by atoms with Gasteiger partial charge in [-0.05, 0) is 37.8 Å². The van der Waals surface area contributed by atoms with Gasteiger partial charge in [0.15, 0.2) is 0 Å². The number of sulfonamides is 1. The molecule has 8 heteroatoms. The Morgan fingerprint density at radius 3 is 2.14 bits per heavy atom. The van der Waals surface area contributed by atoms with Crippen molar-refractivity contribution in [3.05, 3.63) is 28.2 Å². The lowest BCUT2D eigenvalue weighted by atomic mass is 10.0.